The highest BCUT2D eigenvalue weighted by molar-refractivity contribution is 7.13. The van der Waals surface area contributed by atoms with E-state index < -0.39 is 4.92 Å². The lowest BCUT2D eigenvalue weighted by Gasteiger charge is -2.01. The number of benzene rings is 1. The summed E-state index contributed by atoms with van der Waals surface area (Å²) in [4.78, 5) is 15.8. The predicted octanol–water partition coefficient (Wildman–Crippen LogP) is 5.01. The van der Waals surface area contributed by atoms with Crippen LogP contribution in [0, 0.1) is 10.1 Å². The number of nitro groups is 1. The summed E-state index contributed by atoms with van der Waals surface area (Å²) >= 11 is 7.71. The highest BCUT2D eigenvalue weighted by atomic mass is 35.5. The maximum absolute atomic E-state index is 11.1. The van der Waals surface area contributed by atoms with E-state index in [4.69, 9.17) is 16.1 Å². The summed E-state index contributed by atoms with van der Waals surface area (Å²) in [6.45, 7) is 1.87. The number of aryl methyl sites for hydroxylation is 1. The Kier molecular flexibility index (Phi) is 4.73. The van der Waals surface area contributed by atoms with Crippen LogP contribution in [-0.2, 0) is 6.42 Å². The van der Waals surface area contributed by atoms with E-state index in [2.05, 4.69) is 10.1 Å². The van der Waals surface area contributed by atoms with E-state index in [0.29, 0.717) is 23.4 Å². The molecule has 1 aromatic carbocycles. The molecule has 0 spiro atoms. The number of hydrogen-bond donors (Lipinski definition) is 0. The van der Waals surface area contributed by atoms with Crippen LogP contribution in [-0.4, -0.2) is 15.1 Å². The van der Waals surface area contributed by atoms with Crippen molar-refractivity contribution >= 4 is 39.7 Å². The van der Waals surface area contributed by atoms with Gasteiger partial charge in [0.15, 0.2) is 0 Å². The van der Waals surface area contributed by atoms with Gasteiger partial charge in [-0.15, -0.1) is 11.3 Å². The van der Waals surface area contributed by atoms with Crippen molar-refractivity contribution in [3.63, 3.8) is 0 Å². The van der Waals surface area contributed by atoms with Crippen LogP contribution in [0.15, 0.2) is 40.2 Å². The van der Waals surface area contributed by atoms with Crippen molar-refractivity contribution in [1.82, 2.24) is 10.1 Å². The Bertz CT molecular complexity index is 903. The molecule has 0 unspecified atom stereocenters. The first kappa shape index (κ1) is 16.4. The van der Waals surface area contributed by atoms with Crippen LogP contribution < -0.4 is 0 Å². The maximum atomic E-state index is 11.1. The molecule has 0 N–H and O–H groups in total. The van der Waals surface area contributed by atoms with Gasteiger partial charge in [-0.25, -0.2) is 0 Å². The molecular weight excluding hydrogens is 350 g/mol. The van der Waals surface area contributed by atoms with Crippen LogP contribution in [0.1, 0.15) is 23.9 Å². The first-order valence-electron chi connectivity index (χ1n) is 7.11. The van der Waals surface area contributed by atoms with E-state index in [1.165, 1.54) is 17.4 Å². The smallest absolute Gasteiger partial charge is 0.273 e. The van der Waals surface area contributed by atoms with Gasteiger partial charge in [-0.3, -0.25) is 10.1 Å². The Morgan fingerprint density at radius 2 is 2.29 bits per heavy atom. The standard InChI is InChI=1S/C16H12ClN3O3S/c1-2-11-6-5-10(9-13(11)20(21)22)8-12(17)16-18-15(19-23-16)14-4-3-7-24-14/h3-9H,2H2,1H3/b12-8-. The fourth-order valence-corrected chi connectivity index (χ4v) is 3.03. The Balaban J connectivity index is 1.91. The third-order valence-electron chi connectivity index (χ3n) is 3.35. The van der Waals surface area contributed by atoms with Crippen molar-refractivity contribution in [2.75, 3.05) is 0 Å². The lowest BCUT2D eigenvalue weighted by atomic mass is 10.1. The second-order valence-electron chi connectivity index (χ2n) is 4.89. The van der Waals surface area contributed by atoms with Crippen LogP contribution in [0.3, 0.4) is 0 Å². The third-order valence-corrected chi connectivity index (χ3v) is 4.49. The number of halogens is 1. The molecule has 122 valence electrons. The van der Waals surface area contributed by atoms with E-state index >= 15 is 0 Å². The number of thiophene rings is 1. The summed E-state index contributed by atoms with van der Waals surface area (Å²) in [7, 11) is 0. The molecule has 8 heteroatoms. The molecule has 2 heterocycles. The molecule has 3 rings (SSSR count). The van der Waals surface area contributed by atoms with E-state index in [9.17, 15) is 10.1 Å². The van der Waals surface area contributed by atoms with Crippen molar-refractivity contribution in [3.05, 3.63) is 62.8 Å². The van der Waals surface area contributed by atoms with Crippen LogP contribution in [0.5, 0.6) is 0 Å². The van der Waals surface area contributed by atoms with Gasteiger partial charge in [0.2, 0.25) is 5.82 Å². The van der Waals surface area contributed by atoms with Crippen molar-refractivity contribution in [1.29, 1.82) is 0 Å². The lowest BCUT2D eigenvalue weighted by molar-refractivity contribution is -0.385. The van der Waals surface area contributed by atoms with Crippen molar-refractivity contribution in [3.8, 4) is 10.7 Å². The zero-order valence-electron chi connectivity index (χ0n) is 12.6. The normalized spacial score (nSPS) is 11.7. The lowest BCUT2D eigenvalue weighted by Crippen LogP contribution is -1.94. The number of hydrogen-bond acceptors (Lipinski definition) is 6. The molecule has 0 saturated heterocycles. The fraction of sp³-hybridized carbons (Fsp3) is 0.125. The summed E-state index contributed by atoms with van der Waals surface area (Å²) in [5.74, 6) is 0.626. The van der Waals surface area contributed by atoms with Gasteiger partial charge in [0, 0.05) is 11.6 Å². The summed E-state index contributed by atoms with van der Waals surface area (Å²) in [6.07, 6.45) is 2.15. The fourth-order valence-electron chi connectivity index (χ4n) is 2.17. The predicted molar refractivity (Wildman–Crippen MR) is 93.8 cm³/mol. The number of aromatic nitrogens is 2. The Labute approximate surface area is 146 Å². The van der Waals surface area contributed by atoms with E-state index in [1.807, 2.05) is 24.4 Å². The van der Waals surface area contributed by atoms with Gasteiger partial charge >= 0.3 is 0 Å². The molecule has 0 aliphatic rings. The number of nitro benzene ring substituents is 1. The molecule has 0 amide bonds. The van der Waals surface area contributed by atoms with Gasteiger partial charge in [-0.1, -0.05) is 41.9 Å². The van der Waals surface area contributed by atoms with Crippen molar-refractivity contribution in [2.24, 2.45) is 0 Å². The maximum Gasteiger partial charge on any atom is 0.273 e. The minimum atomic E-state index is -0.397. The summed E-state index contributed by atoms with van der Waals surface area (Å²) in [5.41, 5.74) is 1.34. The molecule has 24 heavy (non-hydrogen) atoms. The molecule has 6 nitrogen and oxygen atoms in total. The molecule has 0 atom stereocenters. The summed E-state index contributed by atoms with van der Waals surface area (Å²) in [5, 5.41) is 17.2. The Hall–Kier alpha value is -2.51. The molecule has 0 fully saturated rings. The zero-order valence-corrected chi connectivity index (χ0v) is 14.2. The molecule has 0 saturated carbocycles. The zero-order chi connectivity index (χ0) is 17.1. The average Bonchev–Trinajstić information content (AvgIpc) is 3.25. The Morgan fingerprint density at radius 3 is 2.96 bits per heavy atom. The monoisotopic (exact) mass is 361 g/mol. The van der Waals surface area contributed by atoms with E-state index in [-0.39, 0.29) is 16.6 Å². The quantitative estimate of drug-likeness (QED) is 0.471. The highest BCUT2D eigenvalue weighted by Crippen LogP contribution is 2.28. The largest absolute Gasteiger partial charge is 0.333 e. The van der Waals surface area contributed by atoms with Crippen LogP contribution in [0.25, 0.3) is 21.8 Å². The third kappa shape index (κ3) is 3.37. The second-order valence-corrected chi connectivity index (χ2v) is 6.25. The molecule has 0 aliphatic carbocycles. The van der Waals surface area contributed by atoms with E-state index in [0.717, 1.165) is 4.88 Å². The summed E-state index contributed by atoms with van der Waals surface area (Å²) in [6, 6.07) is 8.74. The minimum absolute atomic E-state index is 0.0699. The van der Waals surface area contributed by atoms with Crippen LogP contribution in [0.2, 0.25) is 0 Å². The molecule has 0 bridgehead atoms. The topological polar surface area (TPSA) is 82.1 Å². The van der Waals surface area contributed by atoms with Crippen molar-refractivity contribution in [2.45, 2.75) is 13.3 Å². The van der Waals surface area contributed by atoms with E-state index in [1.54, 1.807) is 18.2 Å². The first-order chi connectivity index (χ1) is 11.6. The summed E-state index contributed by atoms with van der Waals surface area (Å²) < 4.78 is 5.16. The van der Waals surface area contributed by atoms with Crippen LogP contribution >= 0.6 is 22.9 Å². The molecular formula is C16H12ClN3O3S. The van der Waals surface area contributed by atoms with Gasteiger partial charge < -0.3 is 4.52 Å². The van der Waals surface area contributed by atoms with Gasteiger partial charge in [-0.2, -0.15) is 4.98 Å². The van der Waals surface area contributed by atoms with Gasteiger partial charge in [-0.05, 0) is 29.5 Å². The van der Waals surface area contributed by atoms with Gasteiger partial charge in [0.1, 0.15) is 5.03 Å². The van der Waals surface area contributed by atoms with Gasteiger partial charge in [0.05, 0.1) is 9.80 Å². The minimum Gasteiger partial charge on any atom is -0.333 e. The molecule has 0 radical (unpaired) electrons. The van der Waals surface area contributed by atoms with Crippen molar-refractivity contribution < 1.29 is 9.45 Å². The molecule has 3 aromatic rings. The molecule has 0 aliphatic heterocycles. The van der Waals surface area contributed by atoms with Crippen LogP contribution in [0.4, 0.5) is 5.69 Å². The average molecular weight is 362 g/mol. The molecule has 2 aromatic heterocycles. The Morgan fingerprint density at radius 1 is 1.46 bits per heavy atom. The van der Waals surface area contributed by atoms with Gasteiger partial charge in [0.25, 0.3) is 11.6 Å². The highest BCUT2D eigenvalue weighted by Gasteiger charge is 2.15. The second kappa shape index (κ2) is 6.94. The number of nitrogens with zero attached hydrogens (tertiary/aromatic N) is 3. The first-order valence-corrected chi connectivity index (χ1v) is 8.36. The number of rotatable bonds is 5. The SMILES string of the molecule is CCc1ccc(/C=C(\Cl)c2nc(-c3cccs3)no2)cc1[N+](=O)[O-].